The highest BCUT2D eigenvalue weighted by atomic mass is 15.2. The zero-order valence-corrected chi connectivity index (χ0v) is 13.8. The molecule has 1 aromatic carbocycles. The Morgan fingerprint density at radius 3 is 2.46 bits per heavy atom. The second kappa shape index (κ2) is 7.49. The van der Waals surface area contributed by atoms with Crippen LogP contribution in [0.15, 0.2) is 54.2 Å². The lowest BCUT2D eigenvalue weighted by Gasteiger charge is -2.30. The first-order chi connectivity index (χ1) is 11.8. The molecule has 118 valence electrons. The van der Waals surface area contributed by atoms with E-state index in [2.05, 4.69) is 40.8 Å². The average molecular weight is 313 g/mol. The number of piperidine rings is 1. The lowest BCUT2D eigenvalue weighted by atomic mass is 10.0. The molecule has 1 aliphatic heterocycles. The maximum atomic E-state index is 8.79. The van der Waals surface area contributed by atoms with Gasteiger partial charge in [0.25, 0.3) is 0 Å². The predicted octanol–water partition coefficient (Wildman–Crippen LogP) is 3.84. The largest absolute Gasteiger partial charge is 0.356 e. The van der Waals surface area contributed by atoms with E-state index in [1.54, 1.807) is 12.1 Å². The molecule has 3 rings (SSSR count). The van der Waals surface area contributed by atoms with Gasteiger partial charge >= 0.3 is 0 Å². The normalized spacial score (nSPS) is 13.7. The summed E-state index contributed by atoms with van der Waals surface area (Å²) in [5.41, 5.74) is 4.22. The number of hydrogen-bond acceptors (Lipinski definition) is 3. The number of anilines is 1. The van der Waals surface area contributed by atoms with Crippen molar-refractivity contribution in [2.45, 2.75) is 19.8 Å². The van der Waals surface area contributed by atoms with E-state index in [1.807, 2.05) is 30.5 Å². The van der Waals surface area contributed by atoms with Gasteiger partial charge in [0.2, 0.25) is 0 Å². The Balaban J connectivity index is 1.61. The van der Waals surface area contributed by atoms with Crippen LogP contribution in [-0.2, 0) is 0 Å². The zero-order valence-electron chi connectivity index (χ0n) is 13.8. The number of benzene rings is 1. The molecule has 0 atom stereocenters. The summed E-state index contributed by atoms with van der Waals surface area (Å²) in [5, 5.41) is 8.79. The molecular formula is C21H19N3. The van der Waals surface area contributed by atoms with Crippen LogP contribution >= 0.6 is 0 Å². The quantitative estimate of drug-likeness (QED) is 0.751. The molecule has 1 fully saturated rings. The van der Waals surface area contributed by atoms with Crippen LogP contribution < -0.4 is 4.90 Å². The van der Waals surface area contributed by atoms with Gasteiger partial charge in [-0.15, -0.1) is 0 Å². The SMILES string of the molecule is Cc1cccnc1N1CCC(=CC#Cc2ccc(C#N)cc2)CC1. The van der Waals surface area contributed by atoms with E-state index in [1.165, 1.54) is 11.1 Å². The molecule has 0 unspecified atom stereocenters. The second-order valence-corrected chi connectivity index (χ2v) is 5.89. The Morgan fingerprint density at radius 1 is 1.08 bits per heavy atom. The fourth-order valence-corrected chi connectivity index (χ4v) is 2.81. The van der Waals surface area contributed by atoms with Gasteiger partial charge in [0.05, 0.1) is 11.6 Å². The van der Waals surface area contributed by atoms with Crippen molar-refractivity contribution in [3.63, 3.8) is 0 Å². The molecule has 0 amide bonds. The van der Waals surface area contributed by atoms with Crippen LogP contribution in [0.25, 0.3) is 0 Å². The van der Waals surface area contributed by atoms with Gasteiger partial charge in [-0.3, -0.25) is 0 Å². The Morgan fingerprint density at radius 2 is 1.79 bits per heavy atom. The van der Waals surface area contributed by atoms with E-state index in [0.717, 1.165) is 37.3 Å². The lowest BCUT2D eigenvalue weighted by Crippen LogP contribution is -2.31. The van der Waals surface area contributed by atoms with Gasteiger partial charge in [0.1, 0.15) is 5.82 Å². The fraction of sp³-hybridized carbons (Fsp3) is 0.238. The molecule has 0 spiro atoms. The van der Waals surface area contributed by atoms with Crippen molar-refractivity contribution in [1.82, 2.24) is 4.98 Å². The Labute approximate surface area is 143 Å². The van der Waals surface area contributed by atoms with Crippen molar-refractivity contribution in [1.29, 1.82) is 5.26 Å². The number of aromatic nitrogens is 1. The maximum absolute atomic E-state index is 8.79. The number of nitriles is 1. The standard InChI is InChI=1S/C21H19N3/c1-17-4-3-13-23-21(17)24-14-11-19(12-15-24)6-2-5-18-7-9-20(16-22)10-8-18/h3-4,6-10,13H,11-12,14-15H2,1H3. The molecule has 1 aromatic heterocycles. The lowest BCUT2D eigenvalue weighted by molar-refractivity contribution is 0.675. The van der Waals surface area contributed by atoms with E-state index in [4.69, 9.17) is 5.26 Å². The van der Waals surface area contributed by atoms with Gasteiger partial charge < -0.3 is 4.90 Å². The van der Waals surface area contributed by atoms with Gasteiger partial charge in [-0.05, 0) is 61.7 Å². The summed E-state index contributed by atoms with van der Waals surface area (Å²) in [7, 11) is 0. The van der Waals surface area contributed by atoms with Crippen molar-refractivity contribution in [3.05, 3.63) is 70.9 Å². The van der Waals surface area contributed by atoms with Crippen molar-refractivity contribution in [2.75, 3.05) is 18.0 Å². The van der Waals surface area contributed by atoms with Crippen molar-refractivity contribution < 1.29 is 0 Å². The highest BCUT2D eigenvalue weighted by molar-refractivity contribution is 5.47. The Bertz CT molecular complexity index is 835. The molecule has 1 saturated heterocycles. The third kappa shape index (κ3) is 3.83. The van der Waals surface area contributed by atoms with Crippen LogP contribution in [0.4, 0.5) is 5.82 Å². The molecule has 3 heteroatoms. The number of pyridine rings is 1. The monoisotopic (exact) mass is 313 g/mol. The molecule has 3 nitrogen and oxygen atoms in total. The number of nitrogens with zero attached hydrogens (tertiary/aromatic N) is 3. The minimum absolute atomic E-state index is 0.663. The smallest absolute Gasteiger partial charge is 0.131 e. The Hall–Kier alpha value is -3.04. The topological polar surface area (TPSA) is 39.9 Å². The first kappa shape index (κ1) is 15.8. The van der Waals surface area contributed by atoms with Crippen LogP contribution in [0, 0.1) is 30.1 Å². The molecular weight excluding hydrogens is 294 g/mol. The number of allylic oxidation sites excluding steroid dienone is 1. The predicted molar refractivity (Wildman–Crippen MR) is 96.5 cm³/mol. The molecule has 2 heterocycles. The van der Waals surface area contributed by atoms with E-state index < -0.39 is 0 Å². The van der Waals surface area contributed by atoms with Crippen LogP contribution in [-0.4, -0.2) is 18.1 Å². The minimum Gasteiger partial charge on any atom is -0.356 e. The summed E-state index contributed by atoms with van der Waals surface area (Å²) in [6, 6.07) is 13.6. The van der Waals surface area contributed by atoms with Crippen molar-refractivity contribution in [3.8, 4) is 17.9 Å². The molecule has 0 aliphatic carbocycles. The Kier molecular flexibility index (Phi) is 4.94. The first-order valence-electron chi connectivity index (χ1n) is 8.12. The van der Waals surface area contributed by atoms with E-state index in [9.17, 15) is 0 Å². The van der Waals surface area contributed by atoms with Gasteiger partial charge in [0.15, 0.2) is 0 Å². The van der Waals surface area contributed by atoms with Crippen molar-refractivity contribution in [2.24, 2.45) is 0 Å². The highest BCUT2D eigenvalue weighted by Gasteiger charge is 2.16. The number of aryl methyl sites for hydroxylation is 1. The van der Waals surface area contributed by atoms with Crippen LogP contribution in [0.3, 0.4) is 0 Å². The third-order valence-electron chi connectivity index (χ3n) is 4.19. The summed E-state index contributed by atoms with van der Waals surface area (Å²) >= 11 is 0. The summed E-state index contributed by atoms with van der Waals surface area (Å²) in [6.07, 6.45) is 5.95. The first-order valence-corrected chi connectivity index (χ1v) is 8.12. The molecule has 2 aromatic rings. The van der Waals surface area contributed by atoms with Gasteiger partial charge in [-0.1, -0.05) is 23.5 Å². The minimum atomic E-state index is 0.663. The van der Waals surface area contributed by atoms with E-state index in [0.29, 0.717) is 5.56 Å². The van der Waals surface area contributed by atoms with E-state index in [-0.39, 0.29) is 0 Å². The maximum Gasteiger partial charge on any atom is 0.131 e. The van der Waals surface area contributed by atoms with Crippen LogP contribution in [0.2, 0.25) is 0 Å². The number of hydrogen-bond donors (Lipinski definition) is 0. The molecule has 0 N–H and O–H groups in total. The summed E-state index contributed by atoms with van der Waals surface area (Å²) in [6.45, 7) is 4.08. The summed E-state index contributed by atoms with van der Waals surface area (Å²) in [5.74, 6) is 7.38. The molecule has 24 heavy (non-hydrogen) atoms. The molecule has 0 radical (unpaired) electrons. The summed E-state index contributed by atoms with van der Waals surface area (Å²) in [4.78, 5) is 6.85. The zero-order chi connectivity index (χ0) is 16.8. The fourth-order valence-electron chi connectivity index (χ4n) is 2.81. The third-order valence-corrected chi connectivity index (χ3v) is 4.19. The second-order valence-electron chi connectivity index (χ2n) is 5.89. The van der Waals surface area contributed by atoms with Crippen molar-refractivity contribution >= 4 is 5.82 Å². The number of rotatable bonds is 1. The van der Waals surface area contributed by atoms with Gasteiger partial charge in [0, 0.05) is 24.8 Å². The van der Waals surface area contributed by atoms with Gasteiger partial charge in [-0.2, -0.15) is 5.26 Å². The molecule has 1 aliphatic rings. The average Bonchev–Trinajstić information content (AvgIpc) is 2.63. The van der Waals surface area contributed by atoms with E-state index >= 15 is 0 Å². The molecule has 0 bridgehead atoms. The van der Waals surface area contributed by atoms with Gasteiger partial charge in [-0.25, -0.2) is 4.98 Å². The molecule has 0 saturated carbocycles. The highest BCUT2D eigenvalue weighted by Crippen LogP contribution is 2.23. The van der Waals surface area contributed by atoms with Crippen LogP contribution in [0.1, 0.15) is 29.5 Å². The van der Waals surface area contributed by atoms with Crippen LogP contribution in [0.5, 0.6) is 0 Å². The summed E-state index contributed by atoms with van der Waals surface area (Å²) < 4.78 is 0.